The van der Waals surface area contributed by atoms with Crippen molar-refractivity contribution in [2.24, 2.45) is 0 Å². The molecule has 1 atom stereocenters. The third-order valence-electron chi connectivity index (χ3n) is 3.67. The van der Waals surface area contributed by atoms with Crippen LogP contribution in [0, 0.1) is 5.82 Å². The number of halogens is 1. The van der Waals surface area contributed by atoms with Crippen LogP contribution >= 0.6 is 0 Å². The third-order valence-corrected chi connectivity index (χ3v) is 3.67. The van der Waals surface area contributed by atoms with Crippen molar-refractivity contribution < 1.29 is 23.4 Å². The van der Waals surface area contributed by atoms with Gasteiger partial charge in [-0.05, 0) is 42.8 Å². The normalized spacial score (nSPS) is 11.5. The van der Waals surface area contributed by atoms with Gasteiger partial charge in [-0.2, -0.15) is 0 Å². The van der Waals surface area contributed by atoms with E-state index in [1.807, 2.05) is 13.0 Å². The van der Waals surface area contributed by atoms with Crippen LogP contribution in [0.15, 0.2) is 36.4 Å². The van der Waals surface area contributed by atoms with Crippen LogP contribution in [0.1, 0.15) is 28.9 Å². The van der Waals surface area contributed by atoms with Crippen LogP contribution < -0.4 is 19.5 Å². The molecule has 6 heteroatoms. The summed E-state index contributed by atoms with van der Waals surface area (Å²) in [5.74, 6) is 0.325. The number of hydrogen-bond acceptors (Lipinski definition) is 4. The number of hydrogen-bond donors (Lipinski definition) is 1. The lowest BCUT2D eigenvalue weighted by Crippen LogP contribution is -2.26. The molecule has 0 bridgehead atoms. The van der Waals surface area contributed by atoms with Gasteiger partial charge in [-0.25, -0.2) is 4.39 Å². The molecular formula is C18H20FNO4. The van der Waals surface area contributed by atoms with Gasteiger partial charge in [-0.3, -0.25) is 4.79 Å². The molecule has 0 unspecified atom stereocenters. The predicted octanol–water partition coefficient (Wildman–Crippen LogP) is 3.34. The molecule has 0 aliphatic carbocycles. The quantitative estimate of drug-likeness (QED) is 0.881. The smallest absolute Gasteiger partial charge is 0.251 e. The Morgan fingerprint density at radius 2 is 1.58 bits per heavy atom. The van der Waals surface area contributed by atoms with Crippen LogP contribution in [0.3, 0.4) is 0 Å². The SMILES string of the molecule is COc1ccc(C(=O)N[C@@H](C)c2ccc(OC)c(OC)c2)cc1F. The minimum absolute atomic E-state index is 0.0967. The lowest BCUT2D eigenvalue weighted by molar-refractivity contribution is 0.0939. The Labute approximate surface area is 140 Å². The van der Waals surface area contributed by atoms with E-state index in [0.29, 0.717) is 11.5 Å². The predicted molar refractivity (Wildman–Crippen MR) is 88.4 cm³/mol. The standard InChI is InChI=1S/C18H20FNO4/c1-11(12-5-8-16(23-3)17(10-12)24-4)20-18(21)13-6-7-15(22-2)14(19)9-13/h5-11H,1-4H3,(H,20,21)/t11-/m0/s1. The summed E-state index contributed by atoms with van der Waals surface area (Å²) in [7, 11) is 4.48. The number of amides is 1. The number of nitrogens with one attached hydrogen (secondary N) is 1. The molecule has 1 N–H and O–H groups in total. The van der Waals surface area contributed by atoms with Crippen molar-refractivity contribution in [2.45, 2.75) is 13.0 Å². The fourth-order valence-corrected chi connectivity index (χ4v) is 2.29. The molecule has 0 fully saturated rings. The summed E-state index contributed by atoms with van der Waals surface area (Å²) in [5.41, 5.74) is 1.07. The number of ether oxygens (including phenoxy) is 3. The van der Waals surface area contributed by atoms with Gasteiger partial charge < -0.3 is 19.5 Å². The molecule has 2 aromatic carbocycles. The van der Waals surface area contributed by atoms with E-state index >= 15 is 0 Å². The van der Waals surface area contributed by atoms with Crippen LogP contribution in [0.4, 0.5) is 4.39 Å². The van der Waals surface area contributed by atoms with Crippen LogP contribution in [-0.2, 0) is 0 Å². The molecule has 24 heavy (non-hydrogen) atoms. The number of benzene rings is 2. The fraction of sp³-hybridized carbons (Fsp3) is 0.278. The Morgan fingerprint density at radius 3 is 2.17 bits per heavy atom. The fourth-order valence-electron chi connectivity index (χ4n) is 2.29. The van der Waals surface area contributed by atoms with Crippen molar-refractivity contribution in [1.82, 2.24) is 5.32 Å². The first-order valence-corrected chi connectivity index (χ1v) is 7.36. The zero-order valence-corrected chi connectivity index (χ0v) is 14.1. The molecule has 2 rings (SSSR count). The third kappa shape index (κ3) is 3.76. The molecular weight excluding hydrogens is 313 g/mol. The highest BCUT2D eigenvalue weighted by Gasteiger charge is 2.15. The van der Waals surface area contributed by atoms with Gasteiger partial charge >= 0.3 is 0 Å². The van der Waals surface area contributed by atoms with Gasteiger partial charge in [0.15, 0.2) is 23.1 Å². The van der Waals surface area contributed by atoms with Crippen LogP contribution in [0.5, 0.6) is 17.2 Å². The van der Waals surface area contributed by atoms with Crippen molar-refractivity contribution >= 4 is 5.91 Å². The minimum atomic E-state index is -0.580. The topological polar surface area (TPSA) is 56.8 Å². The van der Waals surface area contributed by atoms with Crippen molar-refractivity contribution in [3.8, 4) is 17.2 Å². The van der Waals surface area contributed by atoms with E-state index in [-0.39, 0.29) is 23.3 Å². The molecule has 0 saturated heterocycles. The summed E-state index contributed by atoms with van der Waals surface area (Å²) in [6.07, 6.45) is 0. The van der Waals surface area contributed by atoms with Gasteiger partial charge in [-0.15, -0.1) is 0 Å². The van der Waals surface area contributed by atoms with Gasteiger partial charge in [-0.1, -0.05) is 6.07 Å². The van der Waals surface area contributed by atoms with Gasteiger partial charge in [0.25, 0.3) is 5.91 Å². The highest BCUT2D eigenvalue weighted by atomic mass is 19.1. The van der Waals surface area contributed by atoms with E-state index in [1.165, 1.54) is 19.2 Å². The first-order valence-electron chi connectivity index (χ1n) is 7.36. The number of carbonyl (C=O) groups is 1. The second-order valence-corrected chi connectivity index (χ2v) is 5.16. The summed E-state index contributed by atoms with van der Waals surface area (Å²) in [6, 6.07) is 9.19. The average Bonchev–Trinajstić information content (AvgIpc) is 2.60. The molecule has 0 saturated carbocycles. The Kier molecular flexibility index (Phi) is 5.63. The highest BCUT2D eigenvalue weighted by Crippen LogP contribution is 2.30. The molecule has 128 valence electrons. The zero-order chi connectivity index (χ0) is 17.7. The maximum Gasteiger partial charge on any atom is 0.251 e. The van der Waals surface area contributed by atoms with Gasteiger partial charge in [0.05, 0.1) is 27.4 Å². The molecule has 0 heterocycles. The Morgan fingerprint density at radius 1 is 0.958 bits per heavy atom. The number of rotatable bonds is 6. The highest BCUT2D eigenvalue weighted by molar-refractivity contribution is 5.94. The molecule has 2 aromatic rings. The summed E-state index contributed by atoms with van der Waals surface area (Å²) in [6.45, 7) is 1.83. The lowest BCUT2D eigenvalue weighted by atomic mass is 10.1. The van der Waals surface area contributed by atoms with Gasteiger partial charge in [0.2, 0.25) is 0 Å². The summed E-state index contributed by atoms with van der Waals surface area (Å²) < 4.78 is 29.0. The average molecular weight is 333 g/mol. The van der Waals surface area contributed by atoms with E-state index in [1.54, 1.807) is 26.4 Å². The van der Waals surface area contributed by atoms with E-state index in [9.17, 15) is 9.18 Å². The molecule has 0 aliphatic rings. The maximum atomic E-state index is 13.7. The molecule has 5 nitrogen and oxygen atoms in total. The maximum absolute atomic E-state index is 13.7. The van der Waals surface area contributed by atoms with Crippen molar-refractivity contribution in [1.29, 1.82) is 0 Å². The van der Waals surface area contributed by atoms with Crippen LogP contribution in [-0.4, -0.2) is 27.2 Å². The molecule has 0 aliphatic heterocycles. The van der Waals surface area contributed by atoms with Crippen molar-refractivity contribution in [3.05, 3.63) is 53.3 Å². The second-order valence-electron chi connectivity index (χ2n) is 5.16. The first-order chi connectivity index (χ1) is 11.5. The van der Waals surface area contributed by atoms with Crippen LogP contribution in [0.25, 0.3) is 0 Å². The monoisotopic (exact) mass is 333 g/mol. The summed E-state index contributed by atoms with van der Waals surface area (Å²) >= 11 is 0. The Balaban J connectivity index is 2.15. The first kappa shape index (κ1) is 17.6. The molecule has 0 radical (unpaired) electrons. The Hall–Kier alpha value is -2.76. The Bertz CT molecular complexity index is 733. The molecule has 1 amide bonds. The van der Waals surface area contributed by atoms with E-state index < -0.39 is 5.82 Å². The largest absolute Gasteiger partial charge is 0.494 e. The van der Waals surface area contributed by atoms with Gasteiger partial charge in [0.1, 0.15) is 0 Å². The minimum Gasteiger partial charge on any atom is -0.494 e. The van der Waals surface area contributed by atoms with Crippen molar-refractivity contribution in [2.75, 3.05) is 21.3 Å². The van der Waals surface area contributed by atoms with E-state index in [4.69, 9.17) is 14.2 Å². The van der Waals surface area contributed by atoms with Crippen molar-refractivity contribution in [3.63, 3.8) is 0 Å². The van der Waals surface area contributed by atoms with E-state index in [2.05, 4.69) is 5.32 Å². The number of methoxy groups -OCH3 is 3. The zero-order valence-electron chi connectivity index (χ0n) is 14.1. The number of carbonyl (C=O) groups excluding carboxylic acids is 1. The summed E-state index contributed by atoms with van der Waals surface area (Å²) in [5, 5.41) is 2.82. The molecule has 0 aromatic heterocycles. The van der Waals surface area contributed by atoms with Gasteiger partial charge in [0, 0.05) is 5.56 Å². The van der Waals surface area contributed by atoms with Crippen LogP contribution in [0.2, 0.25) is 0 Å². The molecule has 0 spiro atoms. The second kappa shape index (κ2) is 7.68. The van der Waals surface area contributed by atoms with E-state index in [0.717, 1.165) is 11.6 Å². The lowest BCUT2D eigenvalue weighted by Gasteiger charge is -2.17. The summed E-state index contributed by atoms with van der Waals surface area (Å²) in [4.78, 5) is 12.3.